The van der Waals surface area contributed by atoms with Gasteiger partial charge >= 0.3 is 5.97 Å². The van der Waals surface area contributed by atoms with Crippen molar-refractivity contribution in [1.29, 1.82) is 5.26 Å². The number of benzene rings is 1. The molecule has 1 rings (SSSR count). The Morgan fingerprint density at radius 2 is 2.14 bits per heavy atom. The highest BCUT2D eigenvalue weighted by Gasteiger charge is 2.16. The summed E-state index contributed by atoms with van der Waals surface area (Å²) >= 11 is 0. The minimum atomic E-state index is -0.710. The summed E-state index contributed by atoms with van der Waals surface area (Å²) in [6, 6.07) is 8.21. The van der Waals surface area contributed by atoms with Gasteiger partial charge in [-0.05, 0) is 31.5 Å². The number of carbonyl (C=O) groups is 2. The Kier molecular flexibility index (Phi) is 7.22. The van der Waals surface area contributed by atoms with E-state index in [-0.39, 0.29) is 5.91 Å². The first-order valence-electron chi connectivity index (χ1n) is 6.93. The Hall–Kier alpha value is -2.79. The van der Waals surface area contributed by atoms with Crippen LogP contribution in [0.15, 0.2) is 24.3 Å². The first kappa shape index (κ1) is 17.3. The lowest BCUT2D eigenvalue weighted by molar-refractivity contribution is -0.142. The van der Waals surface area contributed by atoms with Crippen LogP contribution in [0.1, 0.15) is 42.1 Å². The normalized spacial score (nSPS) is 10.6. The standard InChI is InChI=1S/C17H18N2O3/c1-13(17(21)22-2)19-16(20)15-10-7-9-14(12-15)8-5-3-4-6-11-18/h7,9-10,12-13H,3-4,6H2,1-2H3,(H,19,20). The molecular formula is C17H18N2O3. The molecule has 0 saturated heterocycles. The molecule has 0 fully saturated rings. The van der Waals surface area contributed by atoms with Crippen molar-refractivity contribution in [1.82, 2.24) is 5.32 Å². The third kappa shape index (κ3) is 5.68. The lowest BCUT2D eigenvalue weighted by atomic mass is 10.1. The fourth-order valence-corrected chi connectivity index (χ4v) is 1.67. The van der Waals surface area contributed by atoms with Crippen LogP contribution >= 0.6 is 0 Å². The van der Waals surface area contributed by atoms with Crippen molar-refractivity contribution in [2.45, 2.75) is 32.2 Å². The van der Waals surface area contributed by atoms with Crippen LogP contribution in [0.25, 0.3) is 0 Å². The number of unbranched alkanes of at least 4 members (excludes halogenated alkanes) is 2. The number of nitriles is 1. The first-order valence-corrected chi connectivity index (χ1v) is 6.93. The monoisotopic (exact) mass is 298 g/mol. The van der Waals surface area contributed by atoms with Gasteiger partial charge in [-0.3, -0.25) is 4.79 Å². The van der Waals surface area contributed by atoms with E-state index in [4.69, 9.17) is 5.26 Å². The van der Waals surface area contributed by atoms with Gasteiger partial charge in [-0.15, -0.1) is 0 Å². The lowest BCUT2D eigenvalue weighted by Gasteiger charge is -2.11. The molecule has 5 nitrogen and oxygen atoms in total. The topological polar surface area (TPSA) is 79.2 Å². The average Bonchev–Trinajstić information content (AvgIpc) is 2.54. The van der Waals surface area contributed by atoms with Crippen LogP contribution in [0.5, 0.6) is 0 Å². The number of nitrogens with one attached hydrogen (secondary N) is 1. The van der Waals surface area contributed by atoms with E-state index >= 15 is 0 Å². The number of carbonyl (C=O) groups excluding carboxylic acids is 2. The van der Waals surface area contributed by atoms with Gasteiger partial charge in [0.2, 0.25) is 0 Å². The van der Waals surface area contributed by atoms with Crippen LogP contribution < -0.4 is 5.32 Å². The SMILES string of the molecule is COC(=O)C(C)NC(=O)c1cccc(C#CCCCC#N)c1. The number of nitrogens with zero attached hydrogens (tertiary/aromatic N) is 1. The maximum atomic E-state index is 12.0. The summed E-state index contributed by atoms with van der Waals surface area (Å²) in [6.07, 6.45) is 1.87. The van der Waals surface area contributed by atoms with Gasteiger partial charge in [0.1, 0.15) is 6.04 Å². The summed E-state index contributed by atoms with van der Waals surface area (Å²) in [5.41, 5.74) is 1.15. The molecule has 1 aromatic rings. The van der Waals surface area contributed by atoms with Crippen molar-refractivity contribution in [3.8, 4) is 17.9 Å². The number of hydrogen-bond donors (Lipinski definition) is 1. The highest BCUT2D eigenvalue weighted by molar-refractivity contribution is 5.96. The van der Waals surface area contributed by atoms with E-state index in [0.29, 0.717) is 18.4 Å². The number of esters is 1. The zero-order valence-corrected chi connectivity index (χ0v) is 12.7. The Morgan fingerprint density at radius 3 is 2.82 bits per heavy atom. The van der Waals surface area contributed by atoms with Crippen molar-refractivity contribution in [2.24, 2.45) is 0 Å². The predicted molar refractivity (Wildman–Crippen MR) is 81.7 cm³/mol. The molecule has 0 aliphatic carbocycles. The third-order valence-corrected chi connectivity index (χ3v) is 2.85. The number of amides is 1. The van der Waals surface area contributed by atoms with Crippen LogP contribution in [0.3, 0.4) is 0 Å². The van der Waals surface area contributed by atoms with Gasteiger partial charge in [0.25, 0.3) is 5.91 Å². The highest BCUT2D eigenvalue weighted by Crippen LogP contribution is 2.05. The van der Waals surface area contributed by atoms with E-state index in [1.807, 2.05) is 0 Å². The van der Waals surface area contributed by atoms with Crippen molar-refractivity contribution < 1.29 is 14.3 Å². The molecule has 0 aliphatic heterocycles. The van der Waals surface area contributed by atoms with Crippen molar-refractivity contribution in [2.75, 3.05) is 7.11 Å². The van der Waals surface area contributed by atoms with E-state index < -0.39 is 12.0 Å². The Morgan fingerprint density at radius 1 is 1.36 bits per heavy atom. The summed E-state index contributed by atoms with van der Waals surface area (Å²) in [5, 5.41) is 11.0. The fourth-order valence-electron chi connectivity index (χ4n) is 1.67. The number of ether oxygens (including phenoxy) is 1. The molecule has 0 aromatic heterocycles. The molecule has 22 heavy (non-hydrogen) atoms. The van der Waals surface area contributed by atoms with Crippen LogP contribution in [0.2, 0.25) is 0 Å². The molecule has 0 bridgehead atoms. The van der Waals surface area contributed by atoms with Crippen LogP contribution in [0, 0.1) is 23.2 Å². The molecule has 114 valence electrons. The van der Waals surface area contributed by atoms with Gasteiger partial charge in [0.05, 0.1) is 13.2 Å². The van der Waals surface area contributed by atoms with E-state index in [1.165, 1.54) is 7.11 Å². The summed E-state index contributed by atoms with van der Waals surface area (Å²) in [6.45, 7) is 1.56. The molecule has 0 saturated carbocycles. The second kappa shape index (κ2) is 9.20. The second-order valence-electron chi connectivity index (χ2n) is 4.61. The number of rotatable bonds is 5. The van der Waals surface area contributed by atoms with Gasteiger partial charge < -0.3 is 10.1 Å². The van der Waals surface area contributed by atoms with Crippen molar-refractivity contribution >= 4 is 11.9 Å². The smallest absolute Gasteiger partial charge is 0.328 e. The summed E-state index contributed by atoms with van der Waals surface area (Å²) in [4.78, 5) is 23.3. The minimum Gasteiger partial charge on any atom is -0.467 e. The molecule has 0 heterocycles. The molecule has 1 aromatic carbocycles. The summed E-state index contributed by atoms with van der Waals surface area (Å²) in [5.74, 6) is 5.07. The minimum absolute atomic E-state index is 0.356. The predicted octanol–water partition coefficient (Wildman–Crippen LogP) is 2.02. The molecule has 0 radical (unpaired) electrons. The van der Waals surface area contributed by atoms with E-state index in [1.54, 1.807) is 31.2 Å². The quantitative estimate of drug-likeness (QED) is 0.512. The fraction of sp³-hybridized carbons (Fsp3) is 0.353. The van der Waals surface area contributed by atoms with Crippen LogP contribution in [0.4, 0.5) is 0 Å². The summed E-state index contributed by atoms with van der Waals surface area (Å²) < 4.78 is 4.56. The Balaban J connectivity index is 2.69. The molecular weight excluding hydrogens is 280 g/mol. The van der Waals surface area contributed by atoms with E-state index in [2.05, 4.69) is 28.0 Å². The zero-order chi connectivity index (χ0) is 16.4. The number of hydrogen-bond acceptors (Lipinski definition) is 4. The lowest BCUT2D eigenvalue weighted by Crippen LogP contribution is -2.39. The van der Waals surface area contributed by atoms with Crippen molar-refractivity contribution in [3.05, 3.63) is 35.4 Å². The van der Waals surface area contributed by atoms with Crippen LogP contribution in [-0.2, 0) is 9.53 Å². The van der Waals surface area contributed by atoms with Gasteiger partial charge in [0.15, 0.2) is 0 Å². The second-order valence-corrected chi connectivity index (χ2v) is 4.61. The van der Waals surface area contributed by atoms with Gasteiger partial charge in [-0.2, -0.15) is 5.26 Å². The van der Waals surface area contributed by atoms with Gasteiger partial charge in [-0.25, -0.2) is 4.79 Å². The molecule has 1 unspecified atom stereocenters. The molecule has 0 aliphatic rings. The van der Waals surface area contributed by atoms with Gasteiger partial charge in [0, 0.05) is 24.0 Å². The summed E-state index contributed by atoms with van der Waals surface area (Å²) in [7, 11) is 1.27. The highest BCUT2D eigenvalue weighted by atomic mass is 16.5. The maximum absolute atomic E-state index is 12.0. The average molecular weight is 298 g/mol. The maximum Gasteiger partial charge on any atom is 0.328 e. The number of methoxy groups -OCH3 is 1. The molecule has 1 atom stereocenters. The van der Waals surface area contributed by atoms with Crippen LogP contribution in [-0.4, -0.2) is 25.0 Å². The van der Waals surface area contributed by atoms with E-state index in [9.17, 15) is 9.59 Å². The third-order valence-electron chi connectivity index (χ3n) is 2.85. The molecule has 0 spiro atoms. The first-order chi connectivity index (χ1) is 10.6. The zero-order valence-electron chi connectivity index (χ0n) is 12.7. The largest absolute Gasteiger partial charge is 0.467 e. The molecule has 1 amide bonds. The Labute approximate surface area is 130 Å². The Bertz CT molecular complexity index is 635. The van der Waals surface area contributed by atoms with Gasteiger partial charge in [-0.1, -0.05) is 17.9 Å². The van der Waals surface area contributed by atoms with Crippen molar-refractivity contribution in [3.63, 3.8) is 0 Å². The molecule has 5 heteroatoms. The molecule has 1 N–H and O–H groups in total. The van der Waals surface area contributed by atoms with E-state index in [0.717, 1.165) is 12.0 Å².